The average Bonchev–Trinajstić information content (AvgIpc) is 2.97. The fraction of sp³-hybridized carbons (Fsp3) is 0.524. The van der Waals surface area contributed by atoms with Crippen LogP contribution in [0.15, 0.2) is 24.3 Å². The molecule has 0 atom stereocenters. The molecule has 0 spiro atoms. The van der Waals surface area contributed by atoms with Crippen molar-refractivity contribution in [1.29, 1.82) is 0 Å². The van der Waals surface area contributed by atoms with Crippen molar-refractivity contribution in [2.24, 2.45) is 5.92 Å². The molecule has 1 fully saturated rings. The first kappa shape index (κ1) is 19.3. The van der Waals surface area contributed by atoms with Crippen LogP contribution in [0.25, 0.3) is 10.9 Å². The van der Waals surface area contributed by atoms with Crippen molar-refractivity contribution >= 4 is 22.9 Å². The molecule has 6 nitrogen and oxygen atoms in total. The number of hydrogen-bond acceptors (Lipinski definition) is 3. The van der Waals surface area contributed by atoms with Crippen LogP contribution in [0.4, 0.5) is 4.79 Å². The van der Waals surface area contributed by atoms with Gasteiger partial charge in [-0.25, -0.2) is 4.79 Å². The van der Waals surface area contributed by atoms with E-state index in [1.165, 1.54) is 0 Å². The number of carbonyl (C=O) groups excluding carboxylic acids is 2. The van der Waals surface area contributed by atoms with Crippen LogP contribution in [-0.4, -0.2) is 40.6 Å². The Morgan fingerprint density at radius 2 is 1.93 bits per heavy atom. The van der Waals surface area contributed by atoms with Gasteiger partial charge in [-0.05, 0) is 69.7 Å². The van der Waals surface area contributed by atoms with Crippen LogP contribution < -0.4 is 5.32 Å². The minimum Gasteiger partial charge on any atom is -0.444 e. The third kappa shape index (κ3) is 5.02. The van der Waals surface area contributed by atoms with E-state index < -0.39 is 5.60 Å². The quantitative estimate of drug-likeness (QED) is 0.863. The second-order valence-corrected chi connectivity index (χ2v) is 8.33. The van der Waals surface area contributed by atoms with E-state index in [0.29, 0.717) is 32.5 Å². The van der Waals surface area contributed by atoms with E-state index in [0.717, 1.165) is 22.2 Å². The van der Waals surface area contributed by atoms with Crippen LogP contribution >= 0.6 is 0 Å². The molecule has 0 unspecified atom stereocenters. The molecule has 2 N–H and O–H groups in total. The lowest BCUT2D eigenvalue weighted by molar-refractivity contribution is -0.126. The second kappa shape index (κ2) is 7.62. The Morgan fingerprint density at radius 1 is 1.22 bits per heavy atom. The molecule has 1 saturated heterocycles. The maximum atomic E-state index is 12.5. The zero-order valence-corrected chi connectivity index (χ0v) is 16.6. The van der Waals surface area contributed by atoms with Gasteiger partial charge in [-0.3, -0.25) is 4.79 Å². The van der Waals surface area contributed by atoms with Gasteiger partial charge in [0.25, 0.3) is 0 Å². The van der Waals surface area contributed by atoms with Gasteiger partial charge in [-0.2, -0.15) is 0 Å². The first-order valence-electron chi connectivity index (χ1n) is 9.55. The van der Waals surface area contributed by atoms with Crippen LogP contribution in [0.5, 0.6) is 0 Å². The third-order valence-electron chi connectivity index (χ3n) is 4.80. The monoisotopic (exact) mass is 371 g/mol. The molecule has 2 amide bonds. The number of H-pyrrole nitrogens is 1. The number of rotatable bonds is 3. The molecule has 0 bridgehead atoms. The highest BCUT2D eigenvalue weighted by Crippen LogP contribution is 2.21. The lowest BCUT2D eigenvalue weighted by atomic mass is 9.96. The zero-order chi connectivity index (χ0) is 19.6. The van der Waals surface area contributed by atoms with E-state index >= 15 is 0 Å². The largest absolute Gasteiger partial charge is 0.444 e. The van der Waals surface area contributed by atoms with Gasteiger partial charge in [-0.15, -0.1) is 0 Å². The van der Waals surface area contributed by atoms with E-state index in [2.05, 4.69) is 22.4 Å². The predicted molar refractivity (Wildman–Crippen MR) is 105 cm³/mol. The molecular formula is C21H29N3O3. The molecule has 27 heavy (non-hydrogen) atoms. The number of benzene rings is 1. The number of aryl methyl sites for hydroxylation is 1. The van der Waals surface area contributed by atoms with Crippen molar-refractivity contribution < 1.29 is 14.3 Å². The number of fused-ring (bicyclic) bond motifs is 1. The number of aromatic amines is 1. The Morgan fingerprint density at radius 3 is 2.59 bits per heavy atom. The number of aromatic nitrogens is 1. The van der Waals surface area contributed by atoms with Crippen molar-refractivity contribution in [3.63, 3.8) is 0 Å². The summed E-state index contributed by atoms with van der Waals surface area (Å²) < 4.78 is 5.40. The summed E-state index contributed by atoms with van der Waals surface area (Å²) in [5, 5.41) is 4.20. The molecule has 6 heteroatoms. The maximum absolute atomic E-state index is 12.5. The lowest BCUT2D eigenvalue weighted by Crippen LogP contribution is -2.44. The number of ether oxygens (including phenoxy) is 1. The van der Waals surface area contributed by atoms with Crippen LogP contribution in [0.2, 0.25) is 0 Å². The number of hydrogen-bond donors (Lipinski definition) is 2. The predicted octanol–water partition coefficient (Wildman–Crippen LogP) is 3.74. The Hall–Kier alpha value is -2.50. The molecule has 1 aliphatic heterocycles. The van der Waals surface area contributed by atoms with Gasteiger partial charge in [-0.1, -0.05) is 6.07 Å². The van der Waals surface area contributed by atoms with Gasteiger partial charge >= 0.3 is 6.09 Å². The molecule has 0 radical (unpaired) electrons. The molecule has 2 heterocycles. The van der Waals surface area contributed by atoms with Gasteiger partial charge in [0.15, 0.2) is 0 Å². The first-order chi connectivity index (χ1) is 12.7. The molecule has 0 saturated carbocycles. The highest BCUT2D eigenvalue weighted by Gasteiger charge is 2.29. The summed E-state index contributed by atoms with van der Waals surface area (Å²) in [5.74, 6) is 0.00565. The third-order valence-corrected chi connectivity index (χ3v) is 4.80. The van der Waals surface area contributed by atoms with Gasteiger partial charge in [0.2, 0.25) is 5.91 Å². The van der Waals surface area contributed by atoms with E-state index in [1.807, 2.05) is 39.8 Å². The topological polar surface area (TPSA) is 74.4 Å². The van der Waals surface area contributed by atoms with Crippen LogP contribution in [-0.2, 0) is 16.1 Å². The van der Waals surface area contributed by atoms with Gasteiger partial charge < -0.3 is 19.9 Å². The summed E-state index contributed by atoms with van der Waals surface area (Å²) in [5.41, 5.74) is 2.82. The van der Waals surface area contributed by atoms with Crippen molar-refractivity contribution in [3.05, 3.63) is 35.5 Å². The SMILES string of the molecule is Cc1cc2cc(CNC(=O)C3CCN(C(=O)OC(C)(C)C)CC3)ccc2[nH]1. The average molecular weight is 371 g/mol. The zero-order valence-electron chi connectivity index (χ0n) is 16.6. The number of amides is 2. The molecule has 1 aliphatic rings. The van der Waals surface area contributed by atoms with Gasteiger partial charge in [0, 0.05) is 36.8 Å². The van der Waals surface area contributed by atoms with Crippen molar-refractivity contribution in [2.75, 3.05) is 13.1 Å². The molecule has 146 valence electrons. The standard InChI is InChI=1S/C21H29N3O3/c1-14-11-17-12-15(5-6-18(17)23-14)13-22-19(25)16-7-9-24(10-8-16)20(26)27-21(2,3)4/h5-6,11-12,16,23H,7-10,13H2,1-4H3,(H,22,25). The minimum atomic E-state index is -0.496. The fourth-order valence-electron chi connectivity index (χ4n) is 3.42. The molecular weight excluding hydrogens is 342 g/mol. The molecule has 3 rings (SSSR count). The molecule has 2 aromatic rings. The van der Waals surface area contributed by atoms with Crippen molar-refractivity contribution in [1.82, 2.24) is 15.2 Å². The maximum Gasteiger partial charge on any atom is 0.410 e. The van der Waals surface area contributed by atoms with Crippen LogP contribution in [0.3, 0.4) is 0 Å². The molecule has 0 aliphatic carbocycles. The van der Waals surface area contributed by atoms with Gasteiger partial charge in [0.1, 0.15) is 5.60 Å². The number of carbonyl (C=O) groups is 2. The normalized spacial score (nSPS) is 15.8. The Labute approximate surface area is 160 Å². The fourth-order valence-corrected chi connectivity index (χ4v) is 3.42. The smallest absolute Gasteiger partial charge is 0.410 e. The highest BCUT2D eigenvalue weighted by molar-refractivity contribution is 5.82. The summed E-state index contributed by atoms with van der Waals surface area (Å²) in [4.78, 5) is 29.6. The van der Waals surface area contributed by atoms with Crippen LogP contribution in [0, 0.1) is 12.8 Å². The highest BCUT2D eigenvalue weighted by atomic mass is 16.6. The first-order valence-corrected chi connectivity index (χ1v) is 9.55. The second-order valence-electron chi connectivity index (χ2n) is 8.33. The summed E-state index contributed by atoms with van der Waals surface area (Å²) in [7, 11) is 0. The summed E-state index contributed by atoms with van der Waals surface area (Å²) >= 11 is 0. The number of nitrogens with zero attached hydrogens (tertiary/aromatic N) is 1. The Kier molecular flexibility index (Phi) is 5.44. The van der Waals surface area contributed by atoms with E-state index in [4.69, 9.17) is 4.74 Å². The Balaban J connectivity index is 1.48. The molecule has 1 aromatic heterocycles. The van der Waals surface area contributed by atoms with Crippen LogP contribution in [0.1, 0.15) is 44.9 Å². The van der Waals surface area contributed by atoms with E-state index in [1.54, 1.807) is 4.90 Å². The molecule has 1 aromatic carbocycles. The summed E-state index contributed by atoms with van der Waals surface area (Å²) in [6, 6.07) is 8.28. The summed E-state index contributed by atoms with van der Waals surface area (Å²) in [6.45, 7) is 9.24. The number of piperidine rings is 1. The summed E-state index contributed by atoms with van der Waals surface area (Å²) in [6.07, 6.45) is 1.04. The minimum absolute atomic E-state index is 0.0538. The van der Waals surface area contributed by atoms with E-state index in [-0.39, 0.29) is 17.9 Å². The number of likely N-dealkylation sites (tertiary alicyclic amines) is 1. The van der Waals surface area contributed by atoms with E-state index in [9.17, 15) is 9.59 Å². The number of nitrogens with one attached hydrogen (secondary N) is 2. The lowest BCUT2D eigenvalue weighted by Gasteiger charge is -2.32. The van der Waals surface area contributed by atoms with Crippen molar-refractivity contribution in [2.45, 2.75) is 52.7 Å². The van der Waals surface area contributed by atoms with Crippen molar-refractivity contribution in [3.8, 4) is 0 Å². The van der Waals surface area contributed by atoms with Gasteiger partial charge in [0.05, 0.1) is 0 Å². The Bertz CT molecular complexity index is 827.